The number of hydrogen-bond acceptors (Lipinski definition) is 3. The average Bonchev–Trinajstić information content (AvgIpc) is 2.87. The number of aromatic amines is 1. The second kappa shape index (κ2) is 6.96. The minimum atomic E-state index is -0.145. The average molecular weight is 348 g/mol. The molecule has 0 unspecified atom stereocenters. The Balaban J connectivity index is 1.90. The summed E-state index contributed by atoms with van der Waals surface area (Å²) in [6.07, 6.45) is 1.64. The molecule has 0 saturated carbocycles. The van der Waals surface area contributed by atoms with Crippen LogP contribution in [0.1, 0.15) is 22.3 Å². The van der Waals surface area contributed by atoms with Gasteiger partial charge in [0.2, 0.25) is 0 Å². The first-order valence-electron chi connectivity index (χ1n) is 8.53. The van der Waals surface area contributed by atoms with Crippen molar-refractivity contribution in [1.82, 2.24) is 15.2 Å². The molecule has 0 aliphatic heterocycles. The van der Waals surface area contributed by atoms with Crippen LogP contribution in [0.5, 0.6) is 0 Å². The van der Waals surface area contributed by atoms with E-state index in [1.54, 1.807) is 6.20 Å². The van der Waals surface area contributed by atoms with Gasteiger partial charge in [-0.3, -0.25) is 9.89 Å². The lowest BCUT2D eigenvalue weighted by atomic mass is 10.1. The van der Waals surface area contributed by atoms with Crippen LogP contribution in [0.15, 0.2) is 41.2 Å². The van der Waals surface area contributed by atoms with Gasteiger partial charge in [0.15, 0.2) is 0 Å². The fourth-order valence-corrected chi connectivity index (χ4v) is 2.83. The summed E-state index contributed by atoms with van der Waals surface area (Å²) in [5, 5.41) is 4.08. The molecule has 0 atom stereocenters. The highest BCUT2D eigenvalue weighted by atomic mass is 16.1. The first-order valence-corrected chi connectivity index (χ1v) is 8.53. The number of aromatic nitrogens is 2. The Kier molecular flexibility index (Phi) is 4.71. The van der Waals surface area contributed by atoms with Crippen LogP contribution in [-0.2, 0) is 0 Å². The van der Waals surface area contributed by atoms with E-state index in [4.69, 9.17) is 0 Å². The van der Waals surface area contributed by atoms with Crippen LogP contribution in [0.3, 0.4) is 0 Å². The molecule has 26 heavy (non-hydrogen) atoms. The molecule has 0 bridgehead atoms. The molecule has 5 heteroatoms. The van der Waals surface area contributed by atoms with E-state index in [2.05, 4.69) is 35.5 Å². The van der Waals surface area contributed by atoms with Gasteiger partial charge in [-0.2, -0.15) is 0 Å². The Morgan fingerprint density at radius 3 is 2.46 bits per heavy atom. The van der Waals surface area contributed by atoms with E-state index in [9.17, 15) is 4.79 Å². The maximum absolute atomic E-state index is 12.7. The fraction of sp³-hybridized carbons (Fsp3) is 0.190. The molecule has 0 aliphatic rings. The van der Waals surface area contributed by atoms with Crippen LogP contribution in [0.25, 0.3) is 18.5 Å². The molecule has 134 valence electrons. The van der Waals surface area contributed by atoms with Crippen molar-refractivity contribution in [2.75, 3.05) is 5.43 Å². The number of nitrogens with zero attached hydrogens (tertiary/aromatic N) is 1. The van der Waals surface area contributed by atoms with Crippen LogP contribution in [0.4, 0.5) is 5.69 Å². The standard InChI is InChI=1S/C21H24N4O/c1-13-6-9-20(16(4)10-13)23-22-12-19-17(5)24-25(21(19)26)18-8-7-14(2)15(3)11-18/h6-12,22-24H,5H2,1-4H3/b19-12-. The number of benzene rings is 2. The minimum absolute atomic E-state index is 0.145. The molecule has 0 radical (unpaired) electrons. The molecular weight excluding hydrogens is 324 g/mol. The van der Waals surface area contributed by atoms with Gasteiger partial charge in [-0.15, -0.1) is 0 Å². The van der Waals surface area contributed by atoms with Gasteiger partial charge in [-0.05, 0) is 62.6 Å². The first-order chi connectivity index (χ1) is 12.4. The van der Waals surface area contributed by atoms with Gasteiger partial charge in [0.1, 0.15) is 0 Å². The summed E-state index contributed by atoms with van der Waals surface area (Å²) in [7, 11) is 0. The summed E-state index contributed by atoms with van der Waals surface area (Å²) in [6.45, 7) is 12.1. The molecule has 0 amide bonds. The number of nitrogens with one attached hydrogen (secondary N) is 3. The minimum Gasteiger partial charge on any atom is -0.307 e. The Hall–Kier alpha value is -3.21. The van der Waals surface area contributed by atoms with Crippen molar-refractivity contribution in [2.45, 2.75) is 27.7 Å². The lowest BCUT2D eigenvalue weighted by Gasteiger charge is -2.09. The topological polar surface area (TPSA) is 61.9 Å². The number of rotatable bonds is 4. The van der Waals surface area contributed by atoms with E-state index in [1.807, 2.05) is 51.1 Å². The molecule has 3 aromatic rings. The molecule has 0 fully saturated rings. The van der Waals surface area contributed by atoms with Crippen molar-refractivity contribution < 1.29 is 0 Å². The summed E-state index contributed by atoms with van der Waals surface area (Å²) in [4.78, 5) is 12.7. The fourth-order valence-electron chi connectivity index (χ4n) is 2.83. The Morgan fingerprint density at radius 1 is 1.00 bits per heavy atom. The maximum atomic E-state index is 12.7. The van der Waals surface area contributed by atoms with Crippen molar-refractivity contribution in [2.24, 2.45) is 0 Å². The highest BCUT2D eigenvalue weighted by molar-refractivity contribution is 5.52. The van der Waals surface area contributed by atoms with E-state index in [0.29, 0.717) is 10.6 Å². The predicted molar refractivity (Wildman–Crippen MR) is 108 cm³/mol. The van der Waals surface area contributed by atoms with E-state index in [-0.39, 0.29) is 5.56 Å². The van der Waals surface area contributed by atoms with E-state index >= 15 is 0 Å². The summed E-state index contributed by atoms with van der Waals surface area (Å²) >= 11 is 0. The number of hydrazine groups is 1. The SMILES string of the molecule is C=c1[nH]n(-c2ccc(C)c(C)c2)c(=O)/c1=C\NNc1ccc(C)cc1C. The van der Waals surface area contributed by atoms with Gasteiger partial charge < -0.3 is 10.9 Å². The van der Waals surface area contributed by atoms with E-state index in [1.165, 1.54) is 15.8 Å². The molecule has 1 heterocycles. The van der Waals surface area contributed by atoms with Crippen LogP contribution < -0.4 is 27.0 Å². The van der Waals surface area contributed by atoms with Gasteiger partial charge in [0.25, 0.3) is 5.56 Å². The van der Waals surface area contributed by atoms with E-state index < -0.39 is 0 Å². The van der Waals surface area contributed by atoms with Gasteiger partial charge >= 0.3 is 0 Å². The number of anilines is 1. The third-order valence-corrected chi connectivity index (χ3v) is 4.56. The molecule has 0 saturated heterocycles. The summed E-state index contributed by atoms with van der Waals surface area (Å²) in [5.74, 6) is 0. The summed E-state index contributed by atoms with van der Waals surface area (Å²) in [6, 6.07) is 12.0. The van der Waals surface area contributed by atoms with Crippen LogP contribution in [-0.4, -0.2) is 9.78 Å². The highest BCUT2D eigenvalue weighted by Crippen LogP contribution is 2.14. The van der Waals surface area contributed by atoms with Gasteiger partial charge in [-0.1, -0.05) is 30.3 Å². The monoisotopic (exact) mass is 348 g/mol. The zero-order valence-corrected chi connectivity index (χ0v) is 15.6. The molecule has 5 nitrogen and oxygen atoms in total. The maximum Gasteiger partial charge on any atom is 0.280 e. The molecular formula is C21H24N4O. The zero-order valence-electron chi connectivity index (χ0n) is 15.6. The first kappa shape index (κ1) is 17.6. The molecule has 0 spiro atoms. The van der Waals surface area contributed by atoms with E-state index in [0.717, 1.165) is 22.5 Å². The second-order valence-corrected chi connectivity index (χ2v) is 6.65. The summed E-state index contributed by atoms with van der Waals surface area (Å²) < 4.78 is 1.51. The third kappa shape index (κ3) is 3.42. The Bertz CT molecular complexity index is 1120. The normalized spacial score (nSPS) is 11.6. The van der Waals surface area contributed by atoms with Crippen molar-refractivity contribution >= 4 is 18.5 Å². The predicted octanol–water partition coefficient (Wildman–Crippen LogP) is 2.16. The van der Waals surface area contributed by atoms with Crippen molar-refractivity contribution in [3.63, 3.8) is 0 Å². The Morgan fingerprint density at radius 2 is 1.77 bits per heavy atom. The molecule has 3 N–H and O–H groups in total. The van der Waals surface area contributed by atoms with Crippen molar-refractivity contribution in [3.8, 4) is 5.69 Å². The quantitative estimate of drug-likeness (QED) is 0.633. The summed E-state index contributed by atoms with van der Waals surface area (Å²) in [5.41, 5.74) is 12.4. The smallest absolute Gasteiger partial charge is 0.280 e. The van der Waals surface area contributed by atoms with Crippen LogP contribution in [0, 0.1) is 27.7 Å². The van der Waals surface area contributed by atoms with Crippen LogP contribution >= 0.6 is 0 Å². The number of H-pyrrole nitrogens is 1. The molecule has 3 rings (SSSR count). The zero-order chi connectivity index (χ0) is 18.8. The molecule has 2 aromatic carbocycles. The van der Waals surface area contributed by atoms with Gasteiger partial charge in [0.05, 0.1) is 21.9 Å². The van der Waals surface area contributed by atoms with Gasteiger partial charge in [0, 0.05) is 6.20 Å². The lowest BCUT2D eigenvalue weighted by molar-refractivity contribution is 0.836. The molecule has 0 aliphatic carbocycles. The largest absolute Gasteiger partial charge is 0.307 e. The lowest BCUT2D eigenvalue weighted by Crippen LogP contribution is -2.37. The van der Waals surface area contributed by atoms with Crippen LogP contribution in [0.2, 0.25) is 0 Å². The number of aryl methyl sites for hydroxylation is 4. The highest BCUT2D eigenvalue weighted by Gasteiger charge is 2.05. The van der Waals surface area contributed by atoms with Crippen molar-refractivity contribution in [3.05, 3.63) is 79.6 Å². The van der Waals surface area contributed by atoms with Crippen molar-refractivity contribution in [1.29, 1.82) is 0 Å². The van der Waals surface area contributed by atoms with Gasteiger partial charge in [-0.25, -0.2) is 4.68 Å². The second-order valence-electron chi connectivity index (χ2n) is 6.65. The third-order valence-electron chi connectivity index (χ3n) is 4.56. The number of hydrogen-bond donors (Lipinski definition) is 3. The molecule has 1 aromatic heterocycles. The Labute approximate surface area is 152 Å².